The minimum Gasteiger partial charge on any atom is -0.345 e. The Kier molecular flexibility index (Phi) is 2.77. The highest BCUT2D eigenvalue weighted by atomic mass is 16.1. The van der Waals surface area contributed by atoms with Crippen LogP contribution in [0.15, 0.2) is 46.1 Å². The fourth-order valence-corrected chi connectivity index (χ4v) is 4.12. The van der Waals surface area contributed by atoms with Gasteiger partial charge in [0.2, 0.25) is 0 Å². The van der Waals surface area contributed by atoms with Gasteiger partial charge in [0.05, 0.1) is 5.54 Å². The van der Waals surface area contributed by atoms with Crippen LogP contribution in [0, 0.1) is 0 Å². The van der Waals surface area contributed by atoms with Crippen molar-refractivity contribution >= 4 is 5.91 Å². The smallest absolute Gasteiger partial charge is 0.252 e. The SMILES string of the molecule is CN(C)CC1(NC(=O)C2=C3C=C4CC4=C3C=C2)CCCC1. The maximum Gasteiger partial charge on any atom is 0.252 e. The second-order valence-electron chi connectivity index (χ2n) is 7.08. The molecule has 3 nitrogen and oxygen atoms in total. The number of nitrogens with zero attached hydrogens (tertiary/aromatic N) is 1. The predicted octanol–water partition coefficient (Wildman–Crippen LogP) is 2.48. The number of fused-ring (bicyclic) bond motifs is 2. The van der Waals surface area contributed by atoms with E-state index in [0.29, 0.717) is 0 Å². The van der Waals surface area contributed by atoms with Gasteiger partial charge in [-0.2, -0.15) is 0 Å². The molecule has 0 aromatic carbocycles. The molecule has 0 aliphatic heterocycles. The van der Waals surface area contributed by atoms with E-state index in [0.717, 1.165) is 37.0 Å². The fraction of sp³-hybridized carbons (Fsp3) is 0.500. The van der Waals surface area contributed by atoms with E-state index in [2.05, 4.69) is 36.5 Å². The molecule has 1 N–H and O–H groups in total. The highest BCUT2D eigenvalue weighted by Gasteiger charge is 2.39. The lowest BCUT2D eigenvalue weighted by atomic mass is 9.95. The first kappa shape index (κ1) is 13.1. The third-order valence-corrected chi connectivity index (χ3v) is 5.07. The third kappa shape index (κ3) is 2.11. The summed E-state index contributed by atoms with van der Waals surface area (Å²) < 4.78 is 0. The lowest BCUT2D eigenvalue weighted by Crippen LogP contribution is -2.52. The minimum absolute atomic E-state index is 0.0352. The Bertz CT molecular complexity index is 640. The van der Waals surface area contributed by atoms with Gasteiger partial charge in [0.15, 0.2) is 0 Å². The van der Waals surface area contributed by atoms with Crippen molar-refractivity contribution < 1.29 is 4.79 Å². The summed E-state index contributed by atoms with van der Waals surface area (Å²) in [4.78, 5) is 15.0. The first-order chi connectivity index (χ1) is 10.1. The second kappa shape index (κ2) is 4.44. The van der Waals surface area contributed by atoms with E-state index in [4.69, 9.17) is 0 Å². The number of amides is 1. The summed E-state index contributed by atoms with van der Waals surface area (Å²) in [7, 11) is 4.17. The van der Waals surface area contributed by atoms with Crippen molar-refractivity contribution in [2.45, 2.75) is 37.6 Å². The van der Waals surface area contributed by atoms with E-state index in [9.17, 15) is 4.79 Å². The standard InChI is InChI=1S/C18H22N2O/c1-20(2)11-18(7-3-4-8-18)19-17(21)14-6-5-13-15-9-12(15)10-16(13)14/h5-6,10H,3-4,7-9,11H2,1-2H3,(H,19,21). The van der Waals surface area contributed by atoms with Crippen molar-refractivity contribution in [3.05, 3.63) is 46.1 Å². The molecule has 21 heavy (non-hydrogen) atoms. The van der Waals surface area contributed by atoms with Crippen LogP contribution in [0.3, 0.4) is 0 Å². The van der Waals surface area contributed by atoms with Crippen molar-refractivity contribution in [1.82, 2.24) is 10.2 Å². The van der Waals surface area contributed by atoms with Gasteiger partial charge in [0.25, 0.3) is 5.91 Å². The average molecular weight is 282 g/mol. The lowest BCUT2D eigenvalue weighted by Gasteiger charge is -2.33. The van der Waals surface area contributed by atoms with E-state index in [1.807, 2.05) is 6.08 Å². The number of nitrogens with one attached hydrogen (secondary N) is 1. The van der Waals surface area contributed by atoms with Gasteiger partial charge in [-0.15, -0.1) is 0 Å². The zero-order chi connectivity index (χ0) is 14.6. The van der Waals surface area contributed by atoms with E-state index in [1.165, 1.54) is 29.6 Å². The van der Waals surface area contributed by atoms with Crippen molar-refractivity contribution in [2.75, 3.05) is 20.6 Å². The maximum atomic E-state index is 12.8. The number of likely N-dealkylation sites (N-methyl/N-ethyl adjacent to an activating group) is 1. The van der Waals surface area contributed by atoms with Crippen LogP contribution in [0.4, 0.5) is 0 Å². The van der Waals surface area contributed by atoms with Crippen molar-refractivity contribution in [3.8, 4) is 0 Å². The van der Waals surface area contributed by atoms with Crippen LogP contribution in [0.2, 0.25) is 0 Å². The zero-order valence-electron chi connectivity index (χ0n) is 12.8. The molecule has 2 fully saturated rings. The monoisotopic (exact) mass is 282 g/mol. The Balaban J connectivity index is 1.56. The van der Waals surface area contributed by atoms with Gasteiger partial charge in [-0.05, 0) is 67.8 Å². The molecule has 0 saturated heterocycles. The van der Waals surface area contributed by atoms with E-state index in [-0.39, 0.29) is 11.4 Å². The molecule has 110 valence electrons. The molecular weight excluding hydrogens is 260 g/mol. The number of rotatable bonds is 4. The number of carbonyl (C=O) groups is 1. The number of allylic oxidation sites excluding steroid dienone is 6. The topological polar surface area (TPSA) is 32.3 Å². The quantitative estimate of drug-likeness (QED) is 0.859. The van der Waals surface area contributed by atoms with Crippen LogP contribution in [-0.4, -0.2) is 37.0 Å². The van der Waals surface area contributed by atoms with Crippen LogP contribution >= 0.6 is 0 Å². The Labute approximate surface area is 126 Å². The first-order valence-corrected chi connectivity index (χ1v) is 7.92. The summed E-state index contributed by atoms with van der Waals surface area (Å²) in [6.07, 6.45) is 12.1. The molecule has 0 radical (unpaired) electrons. The molecule has 0 bridgehead atoms. The number of hydrogen-bond acceptors (Lipinski definition) is 2. The summed E-state index contributed by atoms with van der Waals surface area (Å²) in [5.41, 5.74) is 6.16. The van der Waals surface area contributed by atoms with E-state index < -0.39 is 0 Å². The Morgan fingerprint density at radius 2 is 2.00 bits per heavy atom. The second-order valence-corrected chi connectivity index (χ2v) is 7.08. The largest absolute Gasteiger partial charge is 0.345 e. The molecule has 3 heteroatoms. The zero-order valence-corrected chi connectivity index (χ0v) is 12.8. The van der Waals surface area contributed by atoms with Crippen LogP contribution in [-0.2, 0) is 4.79 Å². The van der Waals surface area contributed by atoms with Crippen molar-refractivity contribution in [3.63, 3.8) is 0 Å². The Morgan fingerprint density at radius 3 is 2.71 bits per heavy atom. The molecule has 0 aromatic rings. The molecule has 4 rings (SSSR count). The van der Waals surface area contributed by atoms with Gasteiger partial charge < -0.3 is 10.2 Å². The molecular formula is C18H22N2O. The first-order valence-electron chi connectivity index (χ1n) is 7.92. The molecule has 4 aliphatic carbocycles. The molecule has 0 spiro atoms. The molecule has 0 atom stereocenters. The van der Waals surface area contributed by atoms with Gasteiger partial charge in [-0.25, -0.2) is 0 Å². The predicted molar refractivity (Wildman–Crippen MR) is 83.8 cm³/mol. The van der Waals surface area contributed by atoms with Gasteiger partial charge in [-0.1, -0.05) is 18.9 Å². The number of carbonyl (C=O) groups excluding carboxylic acids is 1. The maximum absolute atomic E-state index is 12.8. The van der Waals surface area contributed by atoms with Crippen LogP contribution in [0.25, 0.3) is 0 Å². The number of hydrogen-bond donors (Lipinski definition) is 1. The third-order valence-electron chi connectivity index (χ3n) is 5.07. The van der Waals surface area contributed by atoms with Crippen LogP contribution in [0.5, 0.6) is 0 Å². The fourth-order valence-electron chi connectivity index (χ4n) is 4.12. The lowest BCUT2D eigenvalue weighted by molar-refractivity contribution is -0.119. The van der Waals surface area contributed by atoms with E-state index in [1.54, 1.807) is 0 Å². The van der Waals surface area contributed by atoms with Crippen LogP contribution < -0.4 is 5.32 Å². The molecule has 4 aliphatic rings. The summed E-state index contributed by atoms with van der Waals surface area (Å²) in [6.45, 7) is 0.931. The van der Waals surface area contributed by atoms with Crippen LogP contribution in [0.1, 0.15) is 32.1 Å². The summed E-state index contributed by atoms with van der Waals surface area (Å²) in [5, 5.41) is 3.37. The van der Waals surface area contributed by atoms with Gasteiger partial charge >= 0.3 is 0 Å². The molecule has 1 amide bonds. The summed E-state index contributed by atoms with van der Waals surface area (Å²) >= 11 is 0. The molecule has 2 saturated carbocycles. The highest BCUT2D eigenvalue weighted by molar-refractivity contribution is 6.02. The summed E-state index contributed by atoms with van der Waals surface area (Å²) in [6, 6.07) is 0. The Morgan fingerprint density at radius 1 is 1.24 bits per heavy atom. The van der Waals surface area contributed by atoms with Gasteiger partial charge in [0, 0.05) is 12.1 Å². The molecule has 0 heterocycles. The normalized spacial score (nSPS) is 24.6. The minimum atomic E-state index is -0.0352. The molecule has 0 unspecified atom stereocenters. The summed E-state index contributed by atoms with van der Waals surface area (Å²) in [5.74, 6) is 0.110. The van der Waals surface area contributed by atoms with Crippen molar-refractivity contribution in [2.24, 2.45) is 0 Å². The highest BCUT2D eigenvalue weighted by Crippen LogP contribution is 2.51. The molecule has 0 aromatic heterocycles. The van der Waals surface area contributed by atoms with Crippen molar-refractivity contribution in [1.29, 1.82) is 0 Å². The van der Waals surface area contributed by atoms with Gasteiger partial charge in [0.1, 0.15) is 0 Å². The van der Waals surface area contributed by atoms with E-state index >= 15 is 0 Å². The Hall–Kier alpha value is -1.61. The average Bonchev–Trinajstić information content (AvgIpc) is 2.78. The van der Waals surface area contributed by atoms with Gasteiger partial charge in [-0.3, -0.25) is 4.79 Å².